The van der Waals surface area contributed by atoms with Gasteiger partial charge in [-0.05, 0) is 30.2 Å². The molecule has 2 nitrogen and oxygen atoms in total. The summed E-state index contributed by atoms with van der Waals surface area (Å²) in [6.45, 7) is 4.38. The Morgan fingerprint density at radius 2 is 2.29 bits per heavy atom. The van der Waals surface area contributed by atoms with Crippen LogP contribution < -0.4 is 0 Å². The van der Waals surface area contributed by atoms with E-state index in [2.05, 4.69) is 13.8 Å². The summed E-state index contributed by atoms with van der Waals surface area (Å²) in [5, 5.41) is 8.71. The maximum atomic E-state index is 10.6. The van der Waals surface area contributed by atoms with Gasteiger partial charge >= 0.3 is 5.97 Å². The molecule has 1 rings (SSSR count). The van der Waals surface area contributed by atoms with Crippen LogP contribution in [0.5, 0.6) is 0 Å². The van der Waals surface area contributed by atoms with Crippen molar-refractivity contribution in [2.24, 2.45) is 5.92 Å². The second-order valence-electron chi connectivity index (χ2n) is 3.45. The Morgan fingerprint density at radius 1 is 1.57 bits per heavy atom. The lowest BCUT2D eigenvalue weighted by Crippen LogP contribution is -1.89. The van der Waals surface area contributed by atoms with Crippen molar-refractivity contribution in [2.45, 2.75) is 24.5 Å². The zero-order valence-corrected chi connectivity index (χ0v) is 9.95. The van der Waals surface area contributed by atoms with Gasteiger partial charge in [0, 0.05) is 0 Å². The molecule has 0 saturated carbocycles. The number of rotatable bonds is 5. The number of carboxylic acid groups (broad SMARTS) is 1. The molecule has 1 aromatic heterocycles. The van der Waals surface area contributed by atoms with Crippen molar-refractivity contribution < 1.29 is 9.90 Å². The van der Waals surface area contributed by atoms with Gasteiger partial charge in [-0.25, -0.2) is 4.79 Å². The fourth-order valence-electron chi connectivity index (χ4n) is 0.908. The monoisotopic (exact) mass is 230 g/mol. The van der Waals surface area contributed by atoms with E-state index in [1.807, 2.05) is 6.07 Å². The molecular weight excluding hydrogens is 216 g/mol. The first-order valence-electron chi connectivity index (χ1n) is 4.55. The van der Waals surface area contributed by atoms with Crippen LogP contribution in [0, 0.1) is 5.92 Å². The number of thioether (sulfide) groups is 1. The van der Waals surface area contributed by atoms with Crippen LogP contribution in [0.1, 0.15) is 29.9 Å². The molecule has 0 amide bonds. The summed E-state index contributed by atoms with van der Waals surface area (Å²) in [5.74, 6) is 0.948. The Kier molecular flexibility index (Phi) is 4.48. The van der Waals surface area contributed by atoms with Gasteiger partial charge in [-0.2, -0.15) is 0 Å². The van der Waals surface area contributed by atoms with Crippen LogP contribution in [-0.4, -0.2) is 16.8 Å². The third-order valence-corrected chi connectivity index (χ3v) is 4.06. The van der Waals surface area contributed by atoms with Crippen LogP contribution in [0.15, 0.2) is 16.3 Å². The molecule has 0 aromatic carbocycles. The highest BCUT2D eigenvalue weighted by molar-refractivity contribution is 8.01. The Morgan fingerprint density at radius 3 is 2.79 bits per heavy atom. The molecule has 1 N–H and O–H groups in total. The van der Waals surface area contributed by atoms with E-state index in [9.17, 15) is 4.79 Å². The Labute approximate surface area is 92.3 Å². The summed E-state index contributed by atoms with van der Waals surface area (Å²) in [5.41, 5.74) is 0. The quantitative estimate of drug-likeness (QED) is 0.785. The van der Waals surface area contributed by atoms with Crippen molar-refractivity contribution in [3.63, 3.8) is 0 Å². The van der Waals surface area contributed by atoms with Gasteiger partial charge in [-0.15, -0.1) is 23.1 Å². The lowest BCUT2D eigenvalue weighted by Gasteiger charge is -2.01. The number of thiophene rings is 1. The lowest BCUT2D eigenvalue weighted by molar-refractivity contribution is 0.0702. The molecule has 14 heavy (non-hydrogen) atoms. The third kappa shape index (κ3) is 3.72. The van der Waals surface area contributed by atoms with E-state index in [1.165, 1.54) is 17.8 Å². The lowest BCUT2D eigenvalue weighted by atomic mass is 10.2. The number of carboxylic acids is 1. The fourth-order valence-corrected chi connectivity index (χ4v) is 3.19. The van der Waals surface area contributed by atoms with E-state index < -0.39 is 5.97 Å². The van der Waals surface area contributed by atoms with Crippen molar-refractivity contribution in [2.75, 3.05) is 5.75 Å². The Bertz CT molecular complexity index is 305. The average molecular weight is 230 g/mol. The molecule has 0 aliphatic rings. The van der Waals surface area contributed by atoms with Gasteiger partial charge in [0.1, 0.15) is 4.88 Å². The first kappa shape index (κ1) is 11.6. The molecule has 1 heterocycles. The summed E-state index contributed by atoms with van der Waals surface area (Å²) >= 11 is 3.10. The van der Waals surface area contributed by atoms with Gasteiger partial charge in [0.15, 0.2) is 0 Å². The van der Waals surface area contributed by atoms with Gasteiger partial charge in [0.2, 0.25) is 0 Å². The van der Waals surface area contributed by atoms with E-state index in [1.54, 1.807) is 17.8 Å². The highest BCUT2D eigenvalue weighted by Gasteiger charge is 2.06. The van der Waals surface area contributed by atoms with E-state index in [-0.39, 0.29) is 0 Å². The number of aromatic carboxylic acids is 1. The molecule has 4 heteroatoms. The minimum atomic E-state index is -0.828. The number of hydrogen-bond donors (Lipinski definition) is 1. The maximum Gasteiger partial charge on any atom is 0.345 e. The van der Waals surface area contributed by atoms with Gasteiger partial charge in [-0.1, -0.05) is 13.8 Å². The second kappa shape index (κ2) is 5.41. The van der Waals surface area contributed by atoms with E-state index in [0.717, 1.165) is 9.96 Å². The van der Waals surface area contributed by atoms with Gasteiger partial charge < -0.3 is 5.11 Å². The van der Waals surface area contributed by atoms with Crippen LogP contribution in [0.4, 0.5) is 0 Å². The fraction of sp³-hybridized carbons (Fsp3) is 0.500. The highest BCUT2D eigenvalue weighted by atomic mass is 32.2. The molecule has 78 valence electrons. The summed E-state index contributed by atoms with van der Waals surface area (Å²) in [4.78, 5) is 11.0. The largest absolute Gasteiger partial charge is 0.477 e. The molecule has 0 radical (unpaired) electrons. The second-order valence-corrected chi connectivity index (χ2v) is 5.93. The van der Waals surface area contributed by atoms with Crippen molar-refractivity contribution >= 4 is 29.1 Å². The SMILES string of the molecule is CC(C)CCSc1ccc(C(=O)O)s1. The van der Waals surface area contributed by atoms with Crippen LogP contribution >= 0.6 is 23.1 Å². The molecular formula is C10H14O2S2. The molecule has 0 aliphatic heterocycles. The van der Waals surface area contributed by atoms with Crippen LogP contribution in [0.3, 0.4) is 0 Å². The number of hydrogen-bond acceptors (Lipinski definition) is 3. The minimum Gasteiger partial charge on any atom is -0.477 e. The van der Waals surface area contributed by atoms with Crippen LogP contribution in [0.2, 0.25) is 0 Å². The Balaban J connectivity index is 2.40. The summed E-state index contributed by atoms with van der Waals surface area (Å²) in [6, 6.07) is 3.56. The van der Waals surface area contributed by atoms with E-state index in [0.29, 0.717) is 10.8 Å². The van der Waals surface area contributed by atoms with E-state index in [4.69, 9.17) is 5.11 Å². The molecule has 0 unspecified atom stereocenters. The van der Waals surface area contributed by atoms with Gasteiger partial charge in [0.05, 0.1) is 4.21 Å². The van der Waals surface area contributed by atoms with Gasteiger partial charge in [0.25, 0.3) is 0 Å². The highest BCUT2D eigenvalue weighted by Crippen LogP contribution is 2.28. The zero-order valence-electron chi connectivity index (χ0n) is 8.32. The van der Waals surface area contributed by atoms with Crippen molar-refractivity contribution in [3.8, 4) is 0 Å². The molecule has 0 aliphatic carbocycles. The van der Waals surface area contributed by atoms with Gasteiger partial charge in [-0.3, -0.25) is 0 Å². The van der Waals surface area contributed by atoms with E-state index >= 15 is 0 Å². The third-order valence-electron chi connectivity index (χ3n) is 1.73. The molecule has 0 saturated heterocycles. The smallest absolute Gasteiger partial charge is 0.345 e. The molecule has 0 atom stereocenters. The summed E-state index contributed by atoms with van der Waals surface area (Å²) in [6.07, 6.45) is 1.17. The van der Waals surface area contributed by atoms with Crippen molar-refractivity contribution in [3.05, 3.63) is 17.0 Å². The van der Waals surface area contributed by atoms with Crippen LogP contribution in [-0.2, 0) is 0 Å². The van der Waals surface area contributed by atoms with Crippen molar-refractivity contribution in [1.82, 2.24) is 0 Å². The molecule has 0 spiro atoms. The normalized spacial score (nSPS) is 10.8. The minimum absolute atomic E-state index is 0.428. The standard InChI is InChI=1S/C10H14O2S2/c1-7(2)5-6-13-9-4-3-8(14-9)10(11)12/h3-4,7H,5-6H2,1-2H3,(H,11,12). The topological polar surface area (TPSA) is 37.3 Å². The first-order valence-corrected chi connectivity index (χ1v) is 6.35. The number of carbonyl (C=O) groups is 1. The molecule has 1 aromatic rings. The Hall–Kier alpha value is -0.480. The van der Waals surface area contributed by atoms with Crippen LogP contribution in [0.25, 0.3) is 0 Å². The first-order chi connectivity index (χ1) is 6.59. The predicted molar refractivity (Wildman–Crippen MR) is 61.5 cm³/mol. The average Bonchev–Trinajstić information content (AvgIpc) is 2.52. The molecule has 0 bridgehead atoms. The molecule has 0 fully saturated rings. The predicted octanol–water partition coefficient (Wildman–Crippen LogP) is 3.58. The summed E-state index contributed by atoms with van der Waals surface area (Å²) < 4.78 is 1.10. The van der Waals surface area contributed by atoms with Crippen molar-refractivity contribution in [1.29, 1.82) is 0 Å². The zero-order chi connectivity index (χ0) is 10.6. The summed E-state index contributed by atoms with van der Waals surface area (Å²) in [7, 11) is 0. The maximum absolute atomic E-state index is 10.6.